The summed E-state index contributed by atoms with van der Waals surface area (Å²) in [7, 11) is 2.30. The normalized spacial score (nSPS) is 29.5. The average molecular weight is 291 g/mol. The summed E-state index contributed by atoms with van der Waals surface area (Å²) in [6.45, 7) is 7.88. The van der Waals surface area contributed by atoms with Gasteiger partial charge in [0.25, 0.3) is 0 Å². The lowest BCUT2D eigenvalue weighted by Crippen LogP contribution is -2.67. The molecule has 0 amide bonds. The van der Waals surface area contributed by atoms with E-state index in [0.717, 1.165) is 6.54 Å². The van der Waals surface area contributed by atoms with Crippen molar-refractivity contribution in [2.24, 2.45) is 11.1 Å². The van der Waals surface area contributed by atoms with Crippen molar-refractivity contribution in [1.82, 2.24) is 4.90 Å². The minimum absolute atomic E-state index is 0.159. The standard InChI is InChI=1S/C14H30N2S2/c1-6-12(9-17-5)16(4)14(10-15)11-18-8-7-13(14,2)3/h12H,6-11,15H2,1-5H3. The fraction of sp³-hybridized carbons (Fsp3) is 1.00. The van der Waals surface area contributed by atoms with Crippen LogP contribution in [0.2, 0.25) is 0 Å². The van der Waals surface area contributed by atoms with E-state index in [2.05, 4.69) is 50.7 Å². The van der Waals surface area contributed by atoms with Crippen molar-refractivity contribution >= 4 is 23.5 Å². The van der Waals surface area contributed by atoms with Gasteiger partial charge in [-0.2, -0.15) is 23.5 Å². The lowest BCUT2D eigenvalue weighted by Gasteiger charge is -2.56. The van der Waals surface area contributed by atoms with E-state index in [4.69, 9.17) is 5.73 Å². The zero-order valence-corrected chi connectivity index (χ0v) is 14.3. The van der Waals surface area contributed by atoms with E-state index in [0.29, 0.717) is 11.5 Å². The lowest BCUT2D eigenvalue weighted by atomic mass is 9.69. The highest BCUT2D eigenvalue weighted by molar-refractivity contribution is 7.99. The van der Waals surface area contributed by atoms with Crippen molar-refractivity contribution in [3.63, 3.8) is 0 Å². The Morgan fingerprint density at radius 1 is 1.44 bits per heavy atom. The summed E-state index contributed by atoms with van der Waals surface area (Å²) in [6.07, 6.45) is 4.68. The minimum Gasteiger partial charge on any atom is -0.329 e. The molecule has 0 bridgehead atoms. The van der Waals surface area contributed by atoms with Crippen LogP contribution in [0.4, 0.5) is 0 Å². The van der Waals surface area contributed by atoms with Gasteiger partial charge in [-0.15, -0.1) is 0 Å². The first-order chi connectivity index (χ1) is 8.45. The molecular formula is C14H30N2S2. The third-order valence-corrected chi connectivity index (χ3v) is 6.76. The number of nitrogens with two attached hydrogens (primary N) is 1. The predicted molar refractivity (Wildman–Crippen MR) is 87.7 cm³/mol. The Morgan fingerprint density at radius 3 is 2.56 bits per heavy atom. The Labute approximate surface area is 122 Å². The summed E-state index contributed by atoms with van der Waals surface area (Å²) in [5.74, 6) is 3.66. The molecule has 0 radical (unpaired) electrons. The van der Waals surface area contributed by atoms with Gasteiger partial charge < -0.3 is 5.73 Å². The van der Waals surface area contributed by atoms with Gasteiger partial charge in [-0.3, -0.25) is 4.90 Å². The van der Waals surface area contributed by atoms with Gasteiger partial charge >= 0.3 is 0 Å². The van der Waals surface area contributed by atoms with E-state index in [1.54, 1.807) is 0 Å². The molecule has 2 N–H and O–H groups in total. The van der Waals surface area contributed by atoms with E-state index in [9.17, 15) is 0 Å². The summed E-state index contributed by atoms with van der Waals surface area (Å²) in [5.41, 5.74) is 6.71. The zero-order valence-electron chi connectivity index (χ0n) is 12.7. The Balaban J connectivity index is 2.97. The van der Waals surface area contributed by atoms with Crippen LogP contribution in [0.3, 0.4) is 0 Å². The third-order valence-electron chi connectivity index (χ3n) is 4.86. The van der Waals surface area contributed by atoms with Crippen LogP contribution >= 0.6 is 23.5 Å². The van der Waals surface area contributed by atoms with E-state index >= 15 is 0 Å². The van der Waals surface area contributed by atoms with Gasteiger partial charge in [-0.25, -0.2) is 0 Å². The molecule has 0 aliphatic carbocycles. The predicted octanol–water partition coefficient (Wildman–Crippen LogP) is 2.92. The molecule has 2 nitrogen and oxygen atoms in total. The molecule has 1 heterocycles. The topological polar surface area (TPSA) is 29.3 Å². The van der Waals surface area contributed by atoms with Gasteiger partial charge in [-0.05, 0) is 37.3 Å². The second kappa shape index (κ2) is 6.87. The summed E-state index contributed by atoms with van der Waals surface area (Å²) >= 11 is 4.02. The Hall–Kier alpha value is 0.620. The van der Waals surface area contributed by atoms with Gasteiger partial charge in [0.05, 0.1) is 0 Å². The fourth-order valence-corrected chi connectivity index (χ4v) is 5.79. The summed E-state index contributed by atoms with van der Waals surface area (Å²) in [6, 6.07) is 0.640. The number of hydrogen-bond donors (Lipinski definition) is 1. The number of thioether (sulfide) groups is 2. The molecule has 0 saturated carbocycles. The summed E-state index contributed by atoms with van der Waals surface area (Å²) in [4.78, 5) is 2.61. The number of rotatable bonds is 6. The van der Waals surface area contributed by atoms with Crippen molar-refractivity contribution in [3.05, 3.63) is 0 Å². The molecule has 1 aliphatic heterocycles. The minimum atomic E-state index is 0.159. The first-order valence-electron chi connectivity index (χ1n) is 6.95. The second-order valence-corrected chi connectivity index (χ2v) is 8.07. The maximum atomic E-state index is 6.24. The molecule has 1 fully saturated rings. The van der Waals surface area contributed by atoms with E-state index in [1.807, 2.05) is 11.8 Å². The molecular weight excluding hydrogens is 260 g/mol. The quantitative estimate of drug-likeness (QED) is 0.814. The van der Waals surface area contributed by atoms with Crippen LogP contribution in [0.25, 0.3) is 0 Å². The zero-order chi connectivity index (χ0) is 13.8. The molecule has 2 atom stereocenters. The number of nitrogens with zero attached hydrogens (tertiary/aromatic N) is 1. The maximum Gasteiger partial charge on any atom is 0.0473 e. The molecule has 1 aliphatic rings. The van der Waals surface area contributed by atoms with Gasteiger partial charge in [0.2, 0.25) is 0 Å². The highest BCUT2D eigenvalue weighted by atomic mass is 32.2. The van der Waals surface area contributed by atoms with Crippen LogP contribution in [0.5, 0.6) is 0 Å². The fourth-order valence-electron chi connectivity index (χ4n) is 3.10. The second-order valence-electron chi connectivity index (χ2n) is 6.05. The van der Waals surface area contributed by atoms with Gasteiger partial charge in [0, 0.05) is 29.6 Å². The van der Waals surface area contributed by atoms with Gasteiger partial charge in [0.15, 0.2) is 0 Å². The van der Waals surface area contributed by atoms with E-state index in [-0.39, 0.29) is 5.54 Å². The van der Waals surface area contributed by atoms with Crippen LogP contribution in [-0.2, 0) is 0 Å². The molecule has 0 aromatic carbocycles. The SMILES string of the molecule is CCC(CSC)N(C)C1(CN)CSCCC1(C)C. The van der Waals surface area contributed by atoms with Crippen LogP contribution in [0.15, 0.2) is 0 Å². The molecule has 1 saturated heterocycles. The van der Waals surface area contributed by atoms with Crippen molar-refractivity contribution < 1.29 is 0 Å². The molecule has 4 heteroatoms. The first kappa shape index (κ1) is 16.7. The van der Waals surface area contributed by atoms with Crippen LogP contribution < -0.4 is 5.73 Å². The third kappa shape index (κ3) is 3.02. The monoisotopic (exact) mass is 290 g/mol. The maximum absolute atomic E-state index is 6.24. The Kier molecular flexibility index (Phi) is 6.36. The summed E-state index contributed by atoms with van der Waals surface area (Å²) in [5, 5.41) is 0. The highest BCUT2D eigenvalue weighted by Crippen LogP contribution is 2.46. The van der Waals surface area contributed by atoms with Gasteiger partial charge in [-0.1, -0.05) is 20.8 Å². The molecule has 1 rings (SSSR count). The highest BCUT2D eigenvalue weighted by Gasteiger charge is 2.50. The molecule has 0 aromatic heterocycles. The van der Waals surface area contributed by atoms with E-state index in [1.165, 1.54) is 30.1 Å². The largest absolute Gasteiger partial charge is 0.329 e. The average Bonchev–Trinajstić information content (AvgIpc) is 2.35. The number of hydrogen-bond acceptors (Lipinski definition) is 4. The lowest BCUT2D eigenvalue weighted by molar-refractivity contribution is -0.00371. The Morgan fingerprint density at radius 2 is 2.11 bits per heavy atom. The van der Waals surface area contributed by atoms with Crippen molar-refractivity contribution in [2.75, 3.05) is 37.1 Å². The molecule has 0 aromatic rings. The van der Waals surface area contributed by atoms with Crippen LogP contribution in [0.1, 0.15) is 33.6 Å². The van der Waals surface area contributed by atoms with Crippen LogP contribution in [0, 0.1) is 5.41 Å². The van der Waals surface area contributed by atoms with E-state index < -0.39 is 0 Å². The smallest absolute Gasteiger partial charge is 0.0473 e. The van der Waals surface area contributed by atoms with Crippen molar-refractivity contribution in [3.8, 4) is 0 Å². The Bertz CT molecular complexity index is 258. The first-order valence-corrected chi connectivity index (χ1v) is 9.49. The van der Waals surface area contributed by atoms with Gasteiger partial charge in [0.1, 0.15) is 0 Å². The van der Waals surface area contributed by atoms with Crippen LogP contribution in [-0.4, -0.2) is 53.6 Å². The summed E-state index contributed by atoms with van der Waals surface area (Å²) < 4.78 is 0. The number of likely N-dealkylation sites (N-methyl/N-ethyl adjacent to an activating group) is 1. The molecule has 2 unspecified atom stereocenters. The van der Waals surface area contributed by atoms with Crippen molar-refractivity contribution in [2.45, 2.75) is 45.2 Å². The molecule has 108 valence electrons. The molecule has 0 spiro atoms. The van der Waals surface area contributed by atoms with Crippen molar-refractivity contribution in [1.29, 1.82) is 0 Å². The molecule has 18 heavy (non-hydrogen) atoms.